The molecule has 0 spiro atoms. The highest BCUT2D eigenvalue weighted by molar-refractivity contribution is 5.79. The van der Waals surface area contributed by atoms with Crippen LogP contribution >= 0.6 is 0 Å². The van der Waals surface area contributed by atoms with Crippen molar-refractivity contribution < 1.29 is 9.13 Å². The third-order valence-electron chi connectivity index (χ3n) is 3.60. The zero-order chi connectivity index (χ0) is 17.4. The molecule has 2 N–H and O–H groups in total. The van der Waals surface area contributed by atoms with Crippen molar-refractivity contribution in [3.63, 3.8) is 0 Å². The number of aliphatic imine (C=N–C) groups is 1. The lowest BCUT2D eigenvalue weighted by atomic mass is 10.1. The second kappa shape index (κ2) is 8.91. The molecule has 2 rings (SSSR count). The molecule has 0 radical (unpaired) electrons. The Hall–Kier alpha value is -2.56. The van der Waals surface area contributed by atoms with Crippen LogP contribution in [0.15, 0.2) is 47.5 Å². The van der Waals surface area contributed by atoms with Crippen molar-refractivity contribution in [1.29, 1.82) is 0 Å². The summed E-state index contributed by atoms with van der Waals surface area (Å²) in [4.78, 5) is 4.20. The first-order valence-corrected chi connectivity index (χ1v) is 8.03. The minimum atomic E-state index is -0.230. The molecule has 0 saturated heterocycles. The fraction of sp³-hybridized carbons (Fsp3) is 0.316. The average Bonchev–Trinajstić information content (AvgIpc) is 2.59. The van der Waals surface area contributed by atoms with Crippen LogP contribution in [0.4, 0.5) is 4.39 Å². The van der Waals surface area contributed by atoms with Crippen LogP contribution in [0, 0.1) is 12.7 Å². The van der Waals surface area contributed by atoms with Gasteiger partial charge in [0.15, 0.2) is 5.96 Å². The number of nitrogens with one attached hydrogen (secondary N) is 2. The van der Waals surface area contributed by atoms with Crippen LogP contribution < -0.4 is 15.4 Å². The second-order valence-corrected chi connectivity index (χ2v) is 5.44. The molecule has 2 aromatic carbocycles. The minimum Gasteiger partial charge on any atom is -0.494 e. The molecule has 5 heteroatoms. The summed E-state index contributed by atoms with van der Waals surface area (Å²) < 4.78 is 18.5. The van der Waals surface area contributed by atoms with Crippen molar-refractivity contribution in [3.05, 3.63) is 65.0 Å². The Labute approximate surface area is 142 Å². The molecule has 0 bridgehead atoms. The van der Waals surface area contributed by atoms with E-state index in [4.69, 9.17) is 4.74 Å². The standard InChI is InChI=1S/C19H24FN3O/c1-4-24-18-10-7-16(11-14(18)2)13-23-19(21-3)22-12-15-5-8-17(20)9-6-15/h5-11H,4,12-13H2,1-3H3,(H2,21,22,23). The SMILES string of the molecule is CCOc1ccc(CNC(=NC)NCc2ccc(F)cc2)cc1C. The summed E-state index contributed by atoms with van der Waals surface area (Å²) in [7, 11) is 1.73. The number of hydrogen-bond donors (Lipinski definition) is 2. The van der Waals surface area contributed by atoms with E-state index >= 15 is 0 Å². The molecular weight excluding hydrogens is 305 g/mol. The van der Waals surface area contributed by atoms with Gasteiger partial charge in [-0.1, -0.05) is 24.3 Å². The molecule has 0 amide bonds. The Morgan fingerprint density at radius 2 is 1.67 bits per heavy atom. The van der Waals surface area contributed by atoms with Gasteiger partial charge in [0.25, 0.3) is 0 Å². The van der Waals surface area contributed by atoms with Crippen LogP contribution in [0.25, 0.3) is 0 Å². The number of aryl methyl sites for hydroxylation is 1. The van der Waals surface area contributed by atoms with Gasteiger partial charge >= 0.3 is 0 Å². The molecule has 0 aliphatic carbocycles. The zero-order valence-electron chi connectivity index (χ0n) is 14.4. The number of ether oxygens (including phenoxy) is 1. The molecule has 128 valence electrons. The minimum absolute atomic E-state index is 0.230. The van der Waals surface area contributed by atoms with E-state index < -0.39 is 0 Å². The summed E-state index contributed by atoms with van der Waals surface area (Å²) in [6.07, 6.45) is 0. The predicted molar refractivity (Wildman–Crippen MR) is 95.8 cm³/mol. The van der Waals surface area contributed by atoms with Crippen LogP contribution in [0.5, 0.6) is 5.75 Å². The van der Waals surface area contributed by atoms with E-state index in [9.17, 15) is 4.39 Å². The van der Waals surface area contributed by atoms with E-state index in [-0.39, 0.29) is 5.82 Å². The molecule has 0 fully saturated rings. The van der Waals surface area contributed by atoms with Crippen molar-refractivity contribution in [1.82, 2.24) is 10.6 Å². The first-order valence-electron chi connectivity index (χ1n) is 8.03. The van der Waals surface area contributed by atoms with E-state index in [1.54, 1.807) is 19.2 Å². The normalized spacial score (nSPS) is 11.2. The lowest BCUT2D eigenvalue weighted by Crippen LogP contribution is -2.36. The van der Waals surface area contributed by atoms with Gasteiger partial charge in [0.2, 0.25) is 0 Å². The molecular formula is C19H24FN3O. The summed E-state index contributed by atoms with van der Waals surface area (Å²) in [5.74, 6) is 1.39. The molecule has 0 heterocycles. The number of nitrogens with zero attached hydrogens (tertiary/aromatic N) is 1. The van der Waals surface area contributed by atoms with Crippen molar-refractivity contribution in [3.8, 4) is 5.75 Å². The fourth-order valence-corrected chi connectivity index (χ4v) is 2.33. The number of guanidine groups is 1. The monoisotopic (exact) mass is 329 g/mol. The fourth-order valence-electron chi connectivity index (χ4n) is 2.33. The van der Waals surface area contributed by atoms with Gasteiger partial charge in [-0.05, 0) is 48.7 Å². The highest BCUT2D eigenvalue weighted by Gasteiger charge is 2.03. The van der Waals surface area contributed by atoms with Crippen LogP contribution in [-0.4, -0.2) is 19.6 Å². The molecule has 4 nitrogen and oxygen atoms in total. The summed E-state index contributed by atoms with van der Waals surface area (Å²) in [5.41, 5.74) is 3.27. The summed E-state index contributed by atoms with van der Waals surface area (Å²) >= 11 is 0. The van der Waals surface area contributed by atoms with Gasteiger partial charge in [0.05, 0.1) is 6.61 Å². The highest BCUT2D eigenvalue weighted by Crippen LogP contribution is 2.18. The third kappa shape index (κ3) is 5.26. The van der Waals surface area contributed by atoms with Gasteiger partial charge in [-0.25, -0.2) is 4.39 Å². The number of rotatable bonds is 6. The van der Waals surface area contributed by atoms with Crippen LogP contribution in [-0.2, 0) is 13.1 Å². The van der Waals surface area contributed by atoms with Gasteiger partial charge in [-0.15, -0.1) is 0 Å². The van der Waals surface area contributed by atoms with E-state index in [0.717, 1.165) is 22.4 Å². The molecule has 24 heavy (non-hydrogen) atoms. The van der Waals surface area contributed by atoms with Gasteiger partial charge in [0.1, 0.15) is 11.6 Å². The van der Waals surface area contributed by atoms with E-state index in [2.05, 4.69) is 21.7 Å². The molecule has 0 aliphatic rings. The van der Waals surface area contributed by atoms with Crippen molar-refractivity contribution >= 4 is 5.96 Å². The Morgan fingerprint density at radius 3 is 2.25 bits per heavy atom. The van der Waals surface area contributed by atoms with Gasteiger partial charge in [-0.3, -0.25) is 4.99 Å². The molecule has 0 saturated carbocycles. The van der Waals surface area contributed by atoms with Gasteiger partial charge in [-0.2, -0.15) is 0 Å². The maximum Gasteiger partial charge on any atom is 0.191 e. The topological polar surface area (TPSA) is 45.6 Å². The number of halogens is 1. The summed E-state index contributed by atoms with van der Waals surface area (Å²) in [6.45, 7) is 5.93. The number of hydrogen-bond acceptors (Lipinski definition) is 2. The molecule has 0 aromatic heterocycles. The first-order chi connectivity index (χ1) is 11.6. The third-order valence-corrected chi connectivity index (χ3v) is 3.60. The smallest absolute Gasteiger partial charge is 0.191 e. The molecule has 0 aliphatic heterocycles. The summed E-state index contributed by atoms with van der Waals surface area (Å²) in [6, 6.07) is 12.6. The quantitative estimate of drug-likeness (QED) is 0.631. The Balaban J connectivity index is 1.87. The Bertz CT molecular complexity index is 684. The molecule has 2 aromatic rings. The Kier molecular flexibility index (Phi) is 6.61. The lowest BCUT2D eigenvalue weighted by Gasteiger charge is -2.13. The van der Waals surface area contributed by atoms with E-state index in [0.29, 0.717) is 25.7 Å². The van der Waals surface area contributed by atoms with Crippen molar-refractivity contribution in [2.45, 2.75) is 26.9 Å². The lowest BCUT2D eigenvalue weighted by molar-refractivity contribution is 0.338. The van der Waals surface area contributed by atoms with E-state index in [1.807, 2.05) is 26.0 Å². The van der Waals surface area contributed by atoms with E-state index in [1.165, 1.54) is 12.1 Å². The van der Waals surface area contributed by atoms with Crippen LogP contribution in [0.1, 0.15) is 23.6 Å². The first kappa shape index (κ1) is 17.8. The Morgan fingerprint density at radius 1 is 1.04 bits per heavy atom. The number of benzene rings is 2. The maximum atomic E-state index is 12.9. The summed E-state index contributed by atoms with van der Waals surface area (Å²) in [5, 5.41) is 6.48. The molecule has 0 atom stereocenters. The second-order valence-electron chi connectivity index (χ2n) is 5.44. The van der Waals surface area contributed by atoms with Crippen LogP contribution in [0.3, 0.4) is 0 Å². The largest absolute Gasteiger partial charge is 0.494 e. The zero-order valence-corrected chi connectivity index (χ0v) is 14.4. The highest BCUT2D eigenvalue weighted by atomic mass is 19.1. The predicted octanol–water partition coefficient (Wildman–Crippen LogP) is 3.40. The van der Waals surface area contributed by atoms with Gasteiger partial charge in [0, 0.05) is 20.1 Å². The molecule has 0 unspecified atom stereocenters. The van der Waals surface area contributed by atoms with Gasteiger partial charge < -0.3 is 15.4 Å². The maximum absolute atomic E-state index is 12.9. The average molecular weight is 329 g/mol. The van der Waals surface area contributed by atoms with Crippen molar-refractivity contribution in [2.75, 3.05) is 13.7 Å². The van der Waals surface area contributed by atoms with Crippen LogP contribution in [0.2, 0.25) is 0 Å². The van der Waals surface area contributed by atoms with Crippen molar-refractivity contribution in [2.24, 2.45) is 4.99 Å².